The Kier molecular flexibility index (Phi) is 6.69. The number of rotatable bonds is 2. The molecule has 4 unspecified atom stereocenters. The molecule has 0 radical (unpaired) electrons. The summed E-state index contributed by atoms with van der Waals surface area (Å²) in [6, 6.07) is 36.1. The number of nitrogens with zero attached hydrogens (tertiary/aromatic N) is 2. The van der Waals surface area contributed by atoms with E-state index in [1.807, 2.05) is 0 Å². The van der Waals surface area contributed by atoms with Gasteiger partial charge in [0, 0.05) is 51.8 Å². The number of hydrogen-bond donors (Lipinski definition) is 0. The molecule has 0 aromatic heterocycles. The van der Waals surface area contributed by atoms with E-state index in [1.54, 1.807) is 5.57 Å². The molecular weight excluding hydrogens is 677 g/mol. The zero-order valence-electron chi connectivity index (χ0n) is 32.9. The molecule has 2 heteroatoms. The van der Waals surface area contributed by atoms with Gasteiger partial charge in [-0.05, 0) is 116 Å². The highest BCUT2D eigenvalue weighted by Crippen LogP contribution is 2.58. The van der Waals surface area contributed by atoms with Gasteiger partial charge in [-0.25, -0.2) is 0 Å². The van der Waals surface area contributed by atoms with Crippen LogP contribution < -0.4 is 9.80 Å². The Morgan fingerprint density at radius 3 is 1.86 bits per heavy atom. The Balaban J connectivity index is 0.985. The Morgan fingerprint density at radius 1 is 0.571 bits per heavy atom. The minimum atomic E-state index is -0.0969. The van der Waals surface area contributed by atoms with Gasteiger partial charge in [0.15, 0.2) is 0 Å². The lowest BCUT2D eigenvalue weighted by Crippen LogP contribution is -2.54. The first-order valence-electron chi connectivity index (χ1n) is 20.9. The van der Waals surface area contributed by atoms with E-state index in [-0.39, 0.29) is 10.8 Å². The Morgan fingerprint density at radius 2 is 1.18 bits per heavy atom. The van der Waals surface area contributed by atoms with E-state index >= 15 is 0 Å². The van der Waals surface area contributed by atoms with Crippen LogP contribution in [0.1, 0.15) is 80.3 Å². The van der Waals surface area contributed by atoms with E-state index in [0.29, 0.717) is 23.9 Å². The van der Waals surface area contributed by atoms with Gasteiger partial charge >= 0.3 is 0 Å². The average Bonchev–Trinajstić information content (AvgIpc) is 3.60. The van der Waals surface area contributed by atoms with Crippen molar-refractivity contribution in [1.29, 1.82) is 0 Å². The van der Waals surface area contributed by atoms with Gasteiger partial charge < -0.3 is 9.80 Å². The van der Waals surface area contributed by atoms with Crippen molar-refractivity contribution in [3.63, 3.8) is 0 Å². The van der Waals surface area contributed by atoms with Gasteiger partial charge in [-0.2, -0.15) is 0 Å². The third kappa shape index (κ3) is 4.33. The van der Waals surface area contributed by atoms with Crippen LogP contribution in [-0.2, 0) is 17.3 Å². The summed E-state index contributed by atoms with van der Waals surface area (Å²) in [5, 5.41) is 2.82. The minimum Gasteiger partial charge on any atom is -0.357 e. The number of fused-ring (bicyclic) bond motifs is 12. The maximum absolute atomic E-state index is 2.73. The average molecular weight is 725 g/mol. The monoisotopic (exact) mass is 724 g/mol. The van der Waals surface area contributed by atoms with Crippen molar-refractivity contribution in [2.45, 2.75) is 76.3 Å². The summed E-state index contributed by atoms with van der Waals surface area (Å²) < 4.78 is 0. The first kappa shape index (κ1) is 32.6. The van der Waals surface area contributed by atoms with Gasteiger partial charge in [0.25, 0.3) is 0 Å². The molecule has 2 heterocycles. The molecule has 5 aromatic rings. The van der Waals surface area contributed by atoms with E-state index in [2.05, 4.69) is 183 Å². The summed E-state index contributed by atoms with van der Waals surface area (Å²) in [5.41, 5.74) is 19.8. The lowest BCUT2D eigenvalue weighted by atomic mass is 9.74. The van der Waals surface area contributed by atoms with E-state index in [1.165, 1.54) is 90.0 Å². The summed E-state index contributed by atoms with van der Waals surface area (Å²) in [5.74, 6) is 1.06. The van der Waals surface area contributed by atoms with Gasteiger partial charge in [-0.3, -0.25) is 0 Å². The van der Waals surface area contributed by atoms with Crippen LogP contribution in [0.3, 0.4) is 0 Å². The Bertz CT molecular complexity index is 2660. The van der Waals surface area contributed by atoms with Crippen molar-refractivity contribution >= 4 is 33.4 Å². The molecule has 0 bridgehead atoms. The van der Waals surface area contributed by atoms with Gasteiger partial charge in [0.05, 0.1) is 12.1 Å². The molecule has 2 aliphatic heterocycles. The first-order chi connectivity index (χ1) is 27.3. The normalized spacial score (nSPS) is 25.2. The maximum Gasteiger partial charge on any atom is 0.0545 e. The summed E-state index contributed by atoms with van der Waals surface area (Å²) >= 11 is 0. The summed E-state index contributed by atoms with van der Waals surface area (Å²) in [4.78, 5) is 5.30. The van der Waals surface area contributed by atoms with Crippen molar-refractivity contribution in [2.75, 3.05) is 9.80 Å². The lowest BCUT2D eigenvalue weighted by molar-refractivity contribution is 0.321. The summed E-state index contributed by atoms with van der Waals surface area (Å²) in [7, 11) is 0. The zero-order chi connectivity index (χ0) is 37.5. The first-order valence-corrected chi connectivity index (χ1v) is 20.9. The molecule has 5 aromatic carbocycles. The van der Waals surface area contributed by atoms with Crippen molar-refractivity contribution in [1.82, 2.24) is 0 Å². The Hall–Kier alpha value is -5.60. The fourth-order valence-electron chi connectivity index (χ4n) is 12.1. The molecule has 56 heavy (non-hydrogen) atoms. The van der Waals surface area contributed by atoms with Crippen LogP contribution in [0.5, 0.6) is 0 Å². The number of benzene rings is 5. The fourth-order valence-corrected chi connectivity index (χ4v) is 12.1. The predicted octanol–water partition coefficient (Wildman–Crippen LogP) is 13.0. The topological polar surface area (TPSA) is 6.48 Å². The number of para-hydroxylation sites is 2. The molecule has 4 atom stereocenters. The highest BCUT2D eigenvalue weighted by molar-refractivity contribution is 6.09. The van der Waals surface area contributed by atoms with Crippen molar-refractivity contribution in [2.24, 2.45) is 11.8 Å². The smallest absolute Gasteiger partial charge is 0.0545 e. The van der Waals surface area contributed by atoms with Gasteiger partial charge in [0.1, 0.15) is 0 Å². The maximum atomic E-state index is 2.73. The van der Waals surface area contributed by atoms with Gasteiger partial charge in [-0.1, -0.05) is 143 Å². The van der Waals surface area contributed by atoms with E-state index in [9.17, 15) is 0 Å². The Labute approximate surface area is 331 Å². The van der Waals surface area contributed by atoms with E-state index in [4.69, 9.17) is 0 Å². The zero-order valence-corrected chi connectivity index (χ0v) is 32.9. The van der Waals surface area contributed by atoms with Crippen molar-refractivity contribution in [3.8, 4) is 11.1 Å². The molecule has 1 saturated heterocycles. The molecule has 1 fully saturated rings. The predicted molar refractivity (Wildman–Crippen MR) is 235 cm³/mol. The van der Waals surface area contributed by atoms with Crippen LogP contribution in [0.15, 0.2) is 157 Å². The minimum absolute atomic E-state index is 0.0832. The fraction of sp³-hybridized carbons (Fsp3) is 0.259. The molecule has 2 nitrogen and oxygen atoms in total. The SMILES string of the molecule is CC1(C)C2=C(CCC(N3c4ccccc4Cc4ccccc43)=C2)c2c1ccc1c3c(ccc21)C(C)(C)c1cc(N2C4C=CC=CC4CC4C=CC=CC42)ccc1-3. The summed E-state index contributed by atoms with van der Waals surface area (Å²) in [6.07, 6.45) is 25.6. The van der Waals surface area contributed by atoms with E-state index < -0.39 is 0 Å². The standard InChI is InChI=1S/C54H48N2/c1-53(2)43-27-25-40-39(51(43)41-23-21-37(31-45(41)53)55-47-17-9-5-13-33(47)29-34-14-6-10-18-48(34)55)26-28-44-52(40)42-24-22-38(32-46(42)54(44,3)4)56-49-19-11-7-15-35(49)30-36-16-8-12-20-50(36)56/h5-21,23,25-28,31-34,47-48H,22,24,29-30H2,1-4H3. The van der Waals surface area contributed by atoms with Crippen LogP contribution in [0.4, 0.5) is 17.1 Å². The van der Waals surface area contributed by atoms with Crippen LogP contribution in [0.2, 0.25) is 0 Å². The molecule has 5 aliphatic carbocycles. The molecule has 12 rings (SSSR count). The van der Waals surface area contributed by atoms with E-state index in [0.717, 1.165) is 19.3 Å². The molecule has 0 N–H and O–H groups in total. The number of piperidine rings is 1. The van der Waals surface area contributed by atoms with Crippen LogP contribution in [-0.4, -0.2) is 12.1 Å². The molecule has 0 spiro atoms. The molecule has 7 aliphatic rings. The number of hydrogen-bond acceptors (Lipinski definition) is 2. The highest BCUT2D eigenvalue weighted by Gasteiger charge is 2.44. The third-order valence-corrected chi connectivity index (χ3v) is 14.8. The van der Waals surface area contributed by atoms with Gasteiger partial charge in [0.2, 0.25) is 0 Å². The van der Waals surface area contributed by atoms with Crippen LogP contribution in [0.25, 0.3) is 27.5 Å². The van der Waals surface area contributed by atoms with Crippen LogP contribution >= 0.6 is 0 Å². The quantitative estimate of drug-likeness (QED) is 0.179. The highest BCUT2D eigenvalue weighted by atomic mass is 15.2. The van der Waals surface area contributed by atoms with Crippen molar-refractivity contribution in [3.05, 3.63) is 190 Å². The third-order valence-electron chi connectivity index (χ3n) is 14.8. The number of allylic oxidation sites excluding steroid dienone is 8. The second-order valence-corrected chi connectivity index (χ2v) is 18.3. The molecule has 0 amide bonds. The second kappa shape index (κ2) is 11.5. The van der Waals surface area contributed by atoms with Gasteiger partial charge in [-0.15, -0.1) is 0 Å². The molecular formula is C54H48N2. The van der Waals surface area contributed by atoms with Crippen molar-refractivity contribution < 1.29 is 0 Å². The van der Waals surface area contributed by atoms with Crippen LogP contribution in [0, 0.1) is 11.8 Å². The largest absolute Gasteiger partial charge is 0.357 e. The summed E-state index contributed by atoms with van der Waals surface area (Å²) in [6.45, 7) is 9.80. The number of anilines is 3. The molecule has 0 saturated carbocycles. The second-order valence-electron chi connectivity index (χ2n) is 18.3. The molecule has 274 valence electrons. The lowest BCUT2D eigenvalue weighted by Gasteiger charge is -2.50.